The van der Waals surface area contributed by atoms with Gasteiger partial charge in [0.2, 0.25) is 5.91 Å². The minimum absolute atomic E-state index is 0.216. The fourth-order valence-electron chi connectivity index (χ4n) is 6.38. The van der Waals surface area contributed by atoms with Crippen molar-refractivity contribution in [1.82, 2.24) is 0 Å². The number of fused-ring (bicyclic) bond motifs is 1. The molecule has 0 unspecified atom stereocenters. The minimum atomic E-state index is 0.216. The molecule has 24 heavy (non-hydrogen) atoms. The predicted octanol–water partition coefficient (Wildman–Crippen LogP) is 5.38. The molecule has 0 atom stereocenters. The van der Waals surface area contributed by atoms with E-state index in [2.05, 4.69) is 23.5 Å². The summed E-state index contributed by atoms with van der Waals surface area (Å²) in [5, 5.41) is 5.54. The minimum Gasteiger partial charge on any atom is -0.325 e. The summed E-state index contributed by atoms with van der Waals surface area (Å²) in [4.78, 5) is 12.8. The van der Waals surface area contributed by atoms with Crippen molar-refractivity contribution in [1.29, 1.82) is 0 Å². The van der Waals surface area contributed by atoms with E-state index in [0.29, 0.717) is 5.41 Å². The van der Waals surface area contributed by atoms with Gasteiger partial charge < -0.3 is 5.32 Å². The Balaban J connectivity index is 1.36. The van der Waals surface area contributed by atoms with Crippen molar-refractivity contribution in [2.75, 3.05) is 5.32 Å². The second-order valence-electron chi connectivity index (χ2n) is 8.67. The van der Waals surface area contributed by atoms with Crippen LogP contribution in [0, 0.1) is 23.2 Å². The molecule has 0 radical (unpaired) electrons. The van der Waals surface area contributed by atoms with Crippen LogP contribution in [0.1, 0.15) is 44.9 Å². The molecular formula is C22H25NO. The smallest absolute Gasteiger partial charge is 0.224 e. The van der Waals surface area contributed by atoms with Crippen LogP contribution in [0.15, 0.2) is 42.5 Å². The highest BCUT2D eigenvalue weighted by Crippen LogP contribution is 2.61. The van der Waals surface area contributed by atoms with E-state index in [1.165, 1.54) is 43.9 Å². The zero-order valence-electron chi connectivity index (χ0n) is 14.1. The van der Waals surface area contributed by atoms with Crippen molar-refractivity contribution in [2.24, 2.45) is 23.2 Å². The van der Waals surface area contributed by atoms with Crippen LogP contribution in [0.3, 0.4) is 0 Å². The number of carbonyl (C=O) groups is 1. The number of benzene rings is 2. The first-order valence-corrected chi connectivity index (χ1v) is 9.47. The third-order valence-corrected chi connectivity index (χ3v) is 6.76. The molecule has 4 fully saturated rings. The van der Waals surface area contributed by atoms with Crippen LogP contribution in [-0.4, -0.2) is 5.91 Å². The lowest BCUT2D eigenvalue weighted by atomic mass is 9.49. The molecule has 1 N–H and O–H groups in total. The van der Waals surface area contributed by atoms with Crippen LogP contribution >= 0.6 is 0 Å². The Kier molecular flexibility index (Phi) is 3.23. The summed E-state index contributed by atoms with van der Waals surface area (Å²) in [7, 11) is 0. The standard InChI is InChI=1S/C22H25NO/c24-21(23-20-7-3-5-18-4-1-2-6-19(18)20)14-22-11-15-8-16(12-22)10-17(9-15)13-22/h1-7,15-17H,8-14H2,(H,23,24). The van der Waals surface area contributed by atoms with E-state index in [4.69, 9.17) is 0 Å². The Labute approximate surface area is 143 Å². The normalized spacial score (nSPS) is 33.8. The molecule has 2 aromatic carbocycles. The lowest BCUT2D eigenvalue weighted by Crippen LogP contribution is -2.47. The monoisotopic (exact) mass is 319 g/mol. The van der Waals surface area contributed by atoms with Crippen molar-refractivity contribution >= 4 is 22.4 Å². The predicted molar refractivity (Wildman–Crippen MR) is 97.8 cm³/mol. The highest BCUT2D eigenvalue weighted by Gasteiger charge is 2.51. The van der Waals surface area contributed by atoms with E-state index in [1.807, 2.05) is 24.3 Å². The molecule has 4 aliphatic carbocycles. The summed E-state index contributed by atoms with van der Waals surface area (Å²) < 4.78 is 0. The molecule has 2 nitrogen and oxygen atoms in total. The molecule has 124 valence electrons. The Morgan fingerprint density at radius 2 is 1.54 bits per heavy atom. The van der Waals surface area contributed by atoms with Crippen LogP contribution in [0.5, 0.6) is 0 Å². The molecule has 0 aliphatic heterocycles. The zero-order valence-corrected chi connectivity index (χ0v) is 14.1. The van der Waals surface area contributed by atoms with Gasteiger partial charge in [0.15, 0.2) is 0 Å². The molecule has 2 aromatic rings. The average molecular weight is 319 g/mol. The van der Waals surface area contributed by atoms with E-state index < -0.39 is 0 Å². The van der Waals surface area contributed by atoms with Gasteiger partial charge in [0, 0.05) is 17.5 Å². The van der Waals surface area contributed by atoms with Crippen LogP contribution in [0.2, 0.25) is 0 Å². The van der Waals surface area contributed by atoms with Gasteiger partial charge >= 0.3 is 0 Å². The van der Waals surface area contributed by atoms with E-state index in [-0.39, 0.29) is 5.91 Å². The Morgan fingerprint density at radius 3 is 2.25 bits per heavy atom. The van der Waals surface area contributed by atoms with E-state index in [9.17, 15) is 4.79 Å². The third-order valence-electron chi connectivity index (χ3n) is 6.76. The highest BCUT2D eigenvalue weighted by atomic mass is 16.1. The summed E-state index contributed by atoms with van der Waals surface area (Å²) >= 11 is 0. The molecule has 4 bridgehead atoms. The van der Waals surface area contributed by atoms with Gasteiger partial charge in [-0.1, -0.05) is 36.4 Å². The summed E-state index contributed by atoms with van der Waals surface area (Å²) in [5.74, 6) is 2.93. The lowest BCUT2D eigenvalue weighted by Gasteiger charge is -2.56. The van der Waals surface area contributed by atoms with Crippen molar-refractivity contribution in [3.63, 3.8) is 0 Å². The fourth-order valence-corrected chi connectivity index (χ4v) is 6.38. The number of rotatable bonds is 3. The van der Waals surface area contributed by atoms with Crippen molar-refractivity contribution in [3.8, 4) is 0 Å². The van der Waals surface area contributed by atoms with Gasteiger partial charge in [-0.2, -0.15) is 0 Å². The molecule has 0 aromatic heterocycles. The lowest BCUT2D eigenvalue weighted by molar-refractivity contribution is -0.124. The number of nitrogens with one attached hydrogen (secondary N) is 1. The van der Waals surface area contributed by atoms with Gasteiger partial charge in [-0.3, -0.25) is 4.79 Å². The Bertz CT molecular complexity index is 753. The second-order valence-corrected chi connectivity index (χ2v) is 8.67. The first-order chi connectivity index (χ1) is 11.7. The van der Waals surface area contributed by atoms with Gasteiger partial charge in [-0.05, 0) is 73.1 Å². The van der Waals surface area contributed by atoms with Gasteiger partial charge in [-0.25, -0.2) is 0 Å². The van der Waals surface area contributed by atoms with Crippen molar-refractivity contribution in [3.05, 3.63) is 42.5 Å². The largest absolute Gasteiger partial charge is 0.325 e. The maximum absolute atomic E-state index is 12.8. The number of carbonyl (C=O) groups excluding carboxylic acids is 1. The van der Waals surface area contributed by atoms with Crippen LogP contribution in [0.25, 0.3) is 10.8 Å². The fraction of sp³-hybridized carbons (Fsp3) is 0.500. The van der Waals surface area contributed by atoms with Crippen LogP contribution in [0.4, 0.5) is 5.69 Å². The van der Waals surface area contributed by atoms with Crippen molar-refractivity contribution in [2.45, 2.75) is 44.9 Å². The summed E-state index contributed by atoms with van der Waals surface area (Å²) in [6, 6.07) is 14.4. The first kappa shape index (κ1) is 14.5. The summed E-state index contributed by atoms with van der Waals surface area (Å²) in [6.07, 6.45) is 8.91. The molecule has 4 saturated carbocycles. The maximum atomic E-state index is 12.8. The number of hydrogen-bond acceptors (Lipinski definition) is 1. The summed E-state index contributed by atoms with van der Waals surface area (Å²) in [5.41, 5.74) is 1.27. The Hall–Kier alpha value is -1.83. The summed E-state index contributed by atoms with van der Waals surface area (Å²) in [6.45, 7) is 0. The van der Waals surface area contributed by atoms with Gasteiger partial charge in [0.1, 0.15) is 0 Å². The molecule has 0 spiro atoms. The molecule has 0 heterocycles. The van der Waals surface area contributed by atoms with E-state index in [1.54, 1.807) is 0 Å². The number of amides is 1. The molecular weight excluding hydrogens is 294 g/mol. The first-order valence-electron chi connectivity index (χ1n) is 9.47. The van der Waals surface area contributed by atoms with E-state index in [0.717, 1.165) is 35.2 Å². The zero-order chi connectivity index (χ0) is 16.1. The molecule has 0 saturated heterocycles. The van der Waals surface area contributed by atoms with Gasteiger partial charge in [0.05, 0.1) is 0 Å². The number of anilines is 1. The Morgan fingerprint density at radius 1 is 0.917 bits per heavy atom. The second kappa shape index (κ2) is 5.34. The van der Waals surface area contributed by atoms with E-state index >= 15 is 0 Å². The van der Waals surface area contributed by atoms with Gasteiger partial charge in [0.25, 0.3) is 0 Å². The van der Waals surface area contributed by atoms with Gasteiger partial charge in [-0.15, -0.1) is 0 Å². The topological polar surface area (TPSA) is 29.1 Å². The van der Waals surface area contributed by atoms with Crippen LogP contribution in [-0.2, 0) is 4.79 Å². The number of hydrogen-bond donors (Lipinski definition) is 1. The van der Waals surface area contributed by atoms with Crippen molar-refractivity contribution < 1.29 is 4.79 Å². The quantitative estimate of drug-likeness (QED) is 0.808. The maximum Gasteiger partial charge on any atom is 0.224 e. The molecule has 2 heteroatoms. The third kappa shape index (κ3) is 2.44. The highest BCUT2D eigenvalue weighted by molar-refractivity contribution is 6.02. The van der Waals surface area contributed by atoms with Crippen LogP contribution < -0.4 is 5.32 Å². The molecule has 1 amide bonds. The molecule has 6 rings (SSSR count). The SMILES string of the molecule is O=C(CC12CC3CC(CC(C3)C1)C2)Nc1cccc2ccccc12. The average Bonchev–Trinajstić information content (AvgIpc) is 2.53. The molecule has 4 aliphatic rings.